The molecule has 2 atom stereocenters. The van der Waals surface area contributed by atoms with E-state index in [0.717, 1.165) is 17.1 Å². The van der Waals surface area contributed by atoms with Gasteiger partial charge < -0.3 is 10.1 Å². The summed E-state index contributed by atoms with van der Waals surface area (Å²) in [5, 5.41) is 7.85. The Bertz CT molecular complexity index is 638. The minimum atomic E-state index is -0.223. The van der Waals surface area contributed by atoms with Crippen molar-refractivity contribution in [3.05, 3.63) is 30.6 Å². The minimum Gasteiger partial charge on any atom is -0.466 e. The highest BCUT2D eigenvalue weighted by atomic mass is 16.5. The highest BCUT2D eigenvalue weighted by Crippen LogP contribution is 2.31. The van der Waals surface area contributed by atoms with Crippen LogP contribution in [-0.4, -0.2) is 33.9 Å². The van der Waals surface area contributed by atoms with Crippen LogP contribution in [0.15, 0.2) is 30.6 Å². The Balaban J connectivity index is 1.89. The number of aromatic nitrogens is 3. The third-order valence-electron chi connectivity index (χ3n) is 3.75. The van der Waals surface area contributed by atoms with Crippen molar-refractivity contribution in [3.8, 4) is 11.3 Å². The van der Waals surface area contributed by atoms with Gasteiger partial charge in [0, 0.05) is 30.6 Å². The maximum Gasteiger partial charge on any atom is 0.312 e. The average molecular weight is 286 g/mol. The molecule has 1 aliphatic rings. The van der Waals surface area contributed by atoms with Crippen LogP contribution in [0.25, 0.3) is 11.3 Å². The normalized spacial score (nSPS) is 20.5. The summed E-state index contributed by atoms with van der Waals surface area (Å²) < 4.78 is 6.98. The molecule has 0 aromatic carbocycles. The first kappa shape index (κ1) is 13.6. The van der Waals surface area contributed by atoms with E-state index in [1.54, 1.807) is 12.4 Å². The van der Waals surface area contributed by atoms with Crippen LogP contribution in [-0.2, 0) is 9.53 Å². The molecule has 0 radical (unpaired) electrons. The maximum atomic E-state index is 12.0. The first-order valence-electron chi connectivity index (χ1n) is 7.11. The molecule has 1 N–H and O–H groups in total. The Morgan fingerprint density at radius 3 is 3.14 bits per heavy atom. The predicted octanol–water partition coefficient (Wildman–Crippen LogP) is 2.11. The van der Waals surface area contributed by atoms with E-state index >= 15 is 0 Å². The fraction of sp³-hybridized carbons (Fsp3) is 0.400. The molecular formula is C15H18N4O2. The Labute approximate surface area is 123 Å². The average Bonchev–Trinajstić information content (AvgIpc) is 2.94. The van der Waals surface area contributed by atoms with E-state index < -0.39 is 0 Å². The van der Waals surface area contributed by atoms with Gasteiger partial charge in [-0.25, -0.2) is 4.68 Å². The number of carbonyl (C=O) groups excluding carboxylic acids is 1. The van der Waals surface area contributed by atoms with Gasteiger partial charge in [0.15, 0.2) is 0 Å². The zero-order valence-corrected chi connectivity index (χ0v) is 12.1. The molecule has 0 amide bonds. The van der Waals surface area contributed by atoms with E-state index in [0.29, 0.717) is 13.2 Å². The van der Waals surface area contributed by atoms with Gasteiger partial charge in [-0.05, 0) is 26.0 Å². The number of esters is 1. The smallest absolute Gasteiger partial charge is 0.312 e. The Kier molecular flexibility index (Phi) is 3.60. The molecule has 0 saturated carbocycles. The predicted molar refractivity (Wildman–Crippen MR) is 78.8 cm³/mol. The number of ether oxygens (including phenoxy) is 1. The molecule has 110 valence electrons. The molecule has 21 heavy (non-hydrogen) atoms. The number of nitrogens with zero attached hydrogens (tertiary/aromatic N) is 3. The minimum absolute atomic E-state index is 0.0364. The van der Waals surface area contributed by atoms with Crippen LogP contribution in [0.5, 0.6) is 0 Å². The fourth-order valence-corrected chi connectivity index (χ4v) is 2.58. The van der Waals surface area contributed by atoms with Crippen molar-refractivity contribution in [2.75, 3.05) is 18.5 Å². The summed E-state index contributed by atoms with van der Waals surface area (Å²) in [6, 6.07) is 5.79. The molecule has 6 nitrogen and oxygen atoms in total. The quantitative estimate of drug-likeness (QED) is 0.875. The number of anilines is 1. The van der Waals surface area contributed by atoms with Gasteiger partial charge in [-0.1, -0.05) is 0 Å². The zero-order chi connectivity index (χ0) is 14.8. The van der Waals surface area contributed by atoms with Crippen LogP contribution < -0.4 is 5.32 Å². The number of hydrogen-bond acceptors (Lipinski definition) is 5. The standard InChI is InChI=1S/C15H18N4O2/c1-3-21-15(20)12-9-17-14-7-13(18-19(14)10(12)2)11-5-4-6-16-8-11/h4-8,10,12,17H,3,9H2,1-2H3. The summed E-state index contributed by atoms with van der Waals surface area (Å²) in [6.45, 7) is 4.78. The van der Waals surface area contributed by atoms with Crippen LogP contribution in [0.3, 0.4) is 0 Å². The molecule has 2 aromatic heterocycles. The van der Waals surface area contributed by atoms with Crippen molar-refractivity contribution in [1.29, 1.82) is 0 Å². The summed E-state index contributed by atoms with van der Waals surface area (Å²) in [7, 11) is 0. The van der Waals surface area contributed by atoms with Gasteiger partial charge >= 0.3 is 5.97 Å². The molecule has 0 spiro atoms. The Morgan fingerprint density at radius 2 is 2.43 bits per heavy atom. The second kappa shape index (κ2) is 5.55. The van der Waals surface area contributed by atoms with Crippen molar-refractivity contribution >= 4 is 11.8 Å². The highest BCUT2D eigenvalue weighted by molar-refractivity contribution is 5.75. The van der Waals surface area contributed by atoms with Crippen molar-refractivity contribution in [1.82, 2.24) is 14.8 Å². The zero-order valence-electron chi connectivity index (χ0n) is 12.1. The van der Waals surface area contributed by atoms with Crippen molar-refractivity contribution in [2.45, 2.75) is 19.9 Å². The summed E-state index contributed by atoms with van der Waals surface area (Å²) >= 11 is 0. The van der Waals surface area contributed by atoms with E-state index in [-0.39, 0.29) is 17.9 Å². The number of hydrogen-bond donors (Lipinski definition) is 1. The van der Waals surface area contributed by atoms with Crippen LogP contribution in [0.2, 0.25) is 0 Å². The fourth-order valence-electron chi connectivity index (χ4n) is 2.58. The third kappa shape index (κ3) is 2.49. The second-order valence-electron chi connectivity index (χ2n) is 5.08. The largest absolute Gasteiger partial charge is 0.466 e. The lowest BCUT2D eigenvalue weighted by molar-refractivity contribution is -0.149. The molecule has 0 aliphatic carbocycles. The second-order valence-corrected chi connectivity index (χ2v) is 5.08. The number of carbonyl (C=O) groups is 1. The van der Waals surface area contributed by atoms with Gasteiger partial charge in [-0.15, -0.1) is 0 Å². The molecule has 3 heterocycles. The number of rotatable bonds is 3. The van der Waals surface area contributed by atoms with E-state index in [1.165, 1.54) is 0 Å². The molecule has 3 rings (SSSR count). The summed E-state index contributed by atoms with van der Waals surface area (Å²) in [4.78, 5) is 16.1. The van der Waals surface area contributed by atoms with Gasteiger partial charge in [-0.3, -0.25) is 9.78 Å². The number of pyridine rings is 1. The topological polar surface area (TPSA) is 69.0 Å². The van der Waals surface area contributed by atoms with Crippen molar-refractivity contribution < 1.29 is 9.53 Å². The maximum absolute atomic E-state index is 12.0. The third-order valence-corrected chi connectivity index (χ3v) is 3.75. The summed E-state index contributed by atoms with van der Waals surface area (Å²) in [6.07, 6.45) is 3.51. The molecule has 2 aromatic rings. The van der Waals surface area contributed by atoms with E-state index in [9.17, 15) is 4.79 Å². The van der Waals surface area contributed by atoms with E-state index in [2.05, 4.69) is 15.4 Å². The number of nitrogens with one attached hydrogen (secondary N) is 1. The van der Waals surface area contributed by atoms with Gasteiger partial charge in [0.2, 0.25) is 0 Å². The highest BCUT2D eigenvalue weighted by Gasteiger charge is 2.33. The van der Waals surface area contributed by atoms with E-state index in [1.807, 2.05) is 36.7 Å². The van der Waals surface area contributed by atoms with Gasteiger partial charge in [0.1, 0.15) is 5.82 Å². The van der Waals surface area contributed by atoms with Gasteiger partial charge in [0.25, 0.3) is 0 Å². The SMILES string of the molecule is CCOC(=O)C1CNc2cc(-c3cccnc3)nn2C1C. The molecule has 1 aliphatic heterocycles. The summed E-state index contributed by atoms with van der Waals surface area (Å²) in [5.41, 5.74) is 1.81. The first-order valence-corrected chi connectivity index (χ1v) is 7.11. The lowest BCUT2D eigenvalue weighted by Gasteiger charge is -2.29. The van der Waals surface area contributed by atoms with Crippen LogP contribution >= 0.6 is 0 Å². The lowest BCUT2D eigenvalue weighted by Crippen LogP contribution is -2.37. The Hall–Kier alpha value is -2.37. The number of fused-ring (bicyclic) bond motifs is 1. The summed E-state index contributed by atoms with van der Waals surface area (Å²) in [5.74, 6) is 0.516. The molecule has 0 bridgehead atoms. The monoisotopic (exact) mass is 286 g/mol. The van der Waals surface area contributed by atoms with Crippen LogP contribution in [0, 0.1) is 5.92 Å². The molecular weight excluding hydrogens is 268 g/mol. The van der Waals surface area contributed by atoms with Crippen molar-refractivity contribution in [3.63, 3.8) is 0 Å². The molecule has 2 unspecified atom stereocenters. The molecule has 6 heteroatoms. The first-order chi connectivity index (χ1) is 10.2. The van der Waals surface area contributed by atoms with E-state index in [4.69, 9.17) is 4.74 Å². The van der Waals surface area contributed by atoms with Gasteiger partial charge in [-0.2, -0.15) is 5.10 Å². The molecule has 0 fully saturated rings. The lowest BCUT2D eigenvalue weighted by atomic mass is 10.00. The molecule has 0 saturated heterocycles. The Morgan fingerprint density at radius 1 is 1.57 bits per heavy atom. The van der Waals surface area contributed by atoms with Crippen LogP contribution in [0.1, 0.15) is 19.9 Å². The van der Waals surface area contributed by atoms with Crippen LogP contribution in [0.4, 0.5) is 5.82 Å². The van der Waals surface area contributed by atoms with Crippen molar-refractivity contribution in [2.24, 2.45) is 5.92 Å². The van der Waals surface area contributed by atoms with Gasteiger partial charge in [0.05, 0.1) is 24.3 Å².